The van der Waals surface area contributed by atoms with Crippen molar-refractivity contribution in [2.75, 3.05) is 37.5 Å². The molecule has 588 valence electrons. The maximum atomic E-state index is 14.6. The zero-order valence-electron chi connectivity index (χ0n) is 52.8. The molecule has 0 saturated heterocycles. The highest BCUT2D eigenvalue weighted by Crippen LogP contribution is 2.60. The van der Waals surface area contributed by atoms with Gasteiger partial charge >= 0.3 is 0 Å². The predicted molar refractivity (Wildman–Crippen MR) is 511 cm³/mol. The van der Waals surface area contributed by atoms with E-state index in [1.54, 1.807) is 218 Å². The van der Waals surface area contributed by atoms with Gasteiger partial charge in [-0.1, -0.05) is 30.6 Å². The number of pyridine rings is 2. The number of hydrogen-bond acceptors (Lipinski definition) is 19. The lowest BCUT2D eigenvalue weighted by molar-refractivity contribution is 0.101. The van der Waals surface area contributed by atoms with E-state index in [0.29, 0.717) is 39.5 Å². The van der Waals surface area contributed by atoms with Gasteiger partial charge in [0.1, 0.15) is 72.9 Å². The molecule has 2 aromatic heterocycles. The second kappa shape index (κ2) is 45.6. The van der Waals surface area contributed by atoms with Crippen LogP contribution in [0, 0.1) is 17.5 Å². The summed E-state index contributed by atoms with van der Waals surface area (Å²) in [6.07, 6.45) is 3.30. The van der Waals surface area contributed by atoms with Gasteiger partial charge in [-0.3, -0.25) is 28.2 Å². The Kier molecular flexibility index (Phi) is 40.8. The van der Waals surface area contributed by atoms with Crippen molar-refractivity contribution in [3.63, 3.8) is 0 Å². The number of nitrogen functional groups attached to an aromatic ring is 1. The summed E-state index contributed by atoms with van der Waals surface area (Å²) in [7, 11) is 38.7. The zero-order chi connectivity index (χ0) is 77.6. The van der Waals surface area contributed by atoms with Crippen LogP contribution in [-0.4, -0.2) is 114 Å². The van der Waals surface area contributed by atoms with E-state index in [1.807, 2.05) is 0 Å². The Morgan fingerprint density at radius 1 is 0.449 bits per heavy atom. The van der Waals surface area contributed by atoms with Crippen molar-refractivity contribution in [3.8, 4) is 0 Å². The molecule has 0 radical (unpaired) electrons. The molecule has 6 unspecified atom stereocenters. The molecule has 11 rings (SSSR count). The normalized spacial score (nSPS) is 20.7. The molecule has 3 aromatic carbocycles. The van der Waals surface area contributed by atoms with Gasteiger partial charge in [0.05, 0.1) is 10.0 Å². The van der Waals surface area contributed by atoms with Crippen LogP contribution in [0.5, 0.6) is 0 Å². The quantitative estimate of drug-likeness (QED) is 0.134. The molecule has 3 saturated carbocycles. The SMILES string of the molecule is C.CC1=NC2(c3cc(N)ccc3F)CC2S(=O)(=O)N1C.CC1=NC2(c3cc(NC(=O)c4ccc(Cl)cn4)ccc3F)CC2S(=O)(=O)N1C.CN1C(N)=NC2(c3cc(NC(=O)c4ccc(Cl)cn4)ccc3F)CC2S1(=O)=O.S=S=S=S=S=S=S=S=S=S=S=S=S=S=S.S=S=S=S=S=S=S=S=S=S=S=S=S=S=S=S. The number of aliphatic imine (C=N–C) groups is 3. The first kappa shape index (κ1) is 95.8. The molecular weight excluding hydrogens is 2090 g/mol. The number of halogens is 5. The monoisotopic (exact) mass is 2140 g/mol. The average Bonchev–Trinajstić information content (AvgIpc) is 1.54. The van der Waals surface area contributed by atoms with Crippen molar-refractivity contribution >= 4 is 384 Å². The van der Waals surface area contributed by atoms with Crippen molar-refractivity contribution in [1.82, 2.24) is 22.9 Å². The smallest absolute Gasteiger partial charge is 0.274 e. The summed E-state index contributed by atoms with van der Waals surface area (Å²) < 4.78 is 121. The van der Waals surface area contributed by atoms with Crippen LogP contribution < -0.4 is 22.1 Å². The van der Waals surface area contributed by atoms with Crippen molar-refractivity contribution in [3.05, 3.63) is 147 Å². The third kappa shape index (κ3) is 26.5. The van der Waals surface area contributed by atoms with Gasteiger partial charge in [0.2, 0.25) is 36.0 Å². The first-order valence-electron chi connectivity index (χ1n) is 27.4. The minimum atomic E-state index is -3.72. The van der Waals surface area contributed by atoms with E-state index in [2.05, 4.69) is 35.6 Å². The molecule has 6 atom stereocenters. The molecule has 6 N–H and O–H groups in total. The van der Waals surface area contributed by atoms with Gasteiger partial charge in [-0.15, -0.1) is 0 Å². The molecular formula is C48H49Cl2F3N12O8S34. The topological polar surface area (TPSA) is 285 Å². The maximum absolute atomic E-state index is 14.6. The highest BCUT2D eigenvalue weighted by Gasteiger charge is 2.69. The predicted octanol–water partition coefficient (Wildman–Crippen LogP) is 6.10. The zero-order valence-corrected chi connectivity index (χ0v) is 82.1. The number of hydrogen-bond donors (Lipinski definition) is 4. The molecule has 5 heterocycles. The highest BCUT2D eigenvalue weighted by atomic mass is 35.5. The number of carbonyl (C=O) groups is 2. The second-order valence-electron chi connectivity index (χ2n) is 20.3. The molecule has 6 aliphatic rings. The summed E-state index contributed by atoms with van der Waals surface area (Å²) in [5.74, 6) is -2.19. The first-order chi connectivity index (χ1) is 50.4. The lowest BCUT2D eigenvalue weighted by atomic mass is 10.0. The Bertz CT molecular complexity index is 5900. The molecule has 2 amide bonds. The molecule has 3 aliphatic heterocycles. The van der Waals surface area contributed by atoms with Gasteiger partial charge in [0.15, 0.2) is 0 Å². The van der Waals surface area contributed by atoms with Crippen molar-refractivity contribution in [1.29, 1.82) is 0 Å². The maximum Gasteiger partial charge on any atom is 0.274 e. The molecule has 3 aliphatic carbocycles. The standard InChI is InChI=1S/C18H16ClFN4O3S.C17H15ClFN5O3S.C12H14FN3O2S.CH4.S16.S15/c1-10-23-18(8-16(18)28(26,27)24(10)2)13-7-12(4-5-14(13)20)22-17(25)15-6-3-11(19)9-21-15;1-24-16(20)23-17(7-14(17)28(24,26)27)11-6-10(3-4-12(11)19)22-15(25)13-5-2-9(18)8-21-13;1-7-15-12(6-11(12)19(17,18)16(7)2)9-5-8(14)3-4-10(9)13;;1-3-5-7-9-11-13-15-16-14-12-10-8-6-4-2;1-3-5-7-9-11-13-15-14-12-10-8-6-4-2/h3-7,9,16H,8H2,1-2H3,(H,22,25);2-6,8,14H,7H2,1H3,(H2,20,23)(H,22,25);3-5,11H,6,14H2,1-2H3;1H4;;. The fourth-order valence-corrected chi connectivity index (χ4v) is 78.6. The minimum Gasteiger partial charge on any atom is -0.399 e. The van der Waals surface area contributed by atoms with E-state index >= 15 is 0 Å². The summed E-state index contributed by atoms with van der Waals surface area (Å²) in [4.78, 5) is 45.7. The number of fused-ring (bicyclic) bond motifs is 3. The Balaban J connectivity index is 0.000000214. The summed E-state index contributed by atoms with van der Waals surface area (Å²) in [6, 6.07) is 18.1. The molecule has 5 aromatic rings. The number of anilines is 3. The minimum absolute atomic E-state index is 0. The number of carbonyl (C=O) groups excluding carboxylic acids is 2. The molecule has 0 spiro atoms. The Hall–Kier alpha value is -0.0500. The lowest BCUT2D eigenvalue weighted by Crippen LogP contribution is -2.46. The van der Waals surface area contributed by atoms with E-state index in [4.69, 9.17) is 79.4 Å². The number of nitrogens with one attached hydrogen (secondary N) is 2. The van der Waals surface area contributed by atoms with Gasteiger partial charge in [-0.2, -0.15) is 0 Å². The average molecular weight is 2140 g/mol. The summed E-state index contributed by atoms with van der Waals surface area (Å²) in [5, 5.41) is 3.64. The third-order valence-electron chi connectivity index (χ3n) is 14.6. The number of aromatic nitrogens is 2. The number of nitrogens with two attached hydrogens (primary N) is 2. The van der Waals surface area contributed by atoms with Crippen LogP contribution in [0.4, 0.5) is 30.2 Å². The van der Waals surface area contributed by atoms with Crippen LogP contribution in [-0.2, 0) is 331 Å². The molecule has 59 heteroatoms. The number of benzene rings is 3. The van der Waals surface area contributed by atoms with Gasteiger partial charge in [0.25, 0.3) is 11.8 Å². The summed E-state index contributed by atoms with van der Waals surface area (Å²) in [6.45, 7) is 3.18. The Labute approximate surface area is 721 Å². The van der Waals surface area contributed by atoms with E-state index in [0.717, 1.165) is 19.0 Å². The van der Waals surface area contributed by atoms with Crippen LogP contribution >= 0.6 is 23.2 Å². The van der Waals surface area contributed by atoms with Crippen molar-refractivity contribution in [2.45, 2.75) is 72.9 Å². The summed E-state index contributed by atoms with van der Waals surface area (Å²) >= 11 is 30.4. The van der Waals surface area contributed by atoms with Gasteiger partial charge in [-0.05, 0) is 112 Å². The van der Waals surface area contributed by atoms with Crippen LogP contribution in [0.3, 0.4) is 0 Å². The largest absolute Gasteiger partial charge is 0.399 e. The van der Waals surface area contributed by atoms with Crippen molar-refractivity contribution < 1.29 is 48.0 Å². The summed E-state index contributed by atoms with van der Waals surface area (Å²) in [5.41, 5.74) is 9.75. The van der Waals surface area contributed by atoms with E-state index in [1.165, 1.54) is 142 Å². The van der Waals surface area contributed by atoms with Crippen LogP contribution in [0.15, 0.2) is 106 Å². The van der Waals surface area contributed by atoms with E-state index < -0.39 is 91.7 Å². The Morgan fingerprint density at radius 3 is 1.03 bits per heavy atom. The van der Waals surface area contributed by atoms with Crippen molar-refractivity contribution in [2.24, 2.45) is 20.7 Å². The van der Waals surface area contributed by atoms with E-state index in [9.17, 15) is 48.0 Å². The number of amidine groups is 2. The lowest BCUT2D eigenvalue weighted by Gasteiger charge is -2.27. The number of amides is 2. The molecule has 107 heavy (non-hydrogen) atoms. The molecule has 20 nitrogen and oxygen atoms in total. The number of sulfonamides is 3. The van der Waals surface area contributed by atoms with Gasteiger partial charge < -0.3 is 22.1 Å². The van der Waals surface area contributed by atoms with Gasteiger partial charge in [-0.25, -0.2) is 57.7 Å². The van der Waals surface area contributed by atoms with Crippen LogP contribution in [0.1, 0.15) is 78.2 Å². The first-order valence-corrected chi connectivity index (χ1v) is 71.3. The number of guanidine groups is 1. The number of rotatable bonds is 7. The highest BCUT2D eigenvalue weighted by molar-refractivity contribution is 8.78. The van der Waals surface area contributed by atoms with Crippen LogP contribution in [0.2, 0.25) is 10.0 Å². The van der Waals surface area contributed by atoms with E-state index in [-0.39, 0.29) is 60.0 Å². The fourth-order valence-electron chi connectivity index (χ4n) is 9.59. The number of nitrogens with zero attached hydrogens (tertiary/aromatic N) is 8. The second-order valence-corrected chi connectivity index (χ2v) is 75.4. The molecule has 0 bridgehead atoms. The third-order valence-corrected chi connectivity index (χ3v) is 77.4. The van der Waals surface area contributed by atoms with Crippen LogP contribution in [0.25, 0.3) is 0 Å². The Morgan fingerprint density at radius 2 is 0.729 bits per heavy atom. The van der Waals surface area contributed by atoms with Gasteiger partial charge in [0, 0.05) is 352 Å². The molecule has 3 fully saturated rings. The fraction of sp³-hybridized carbons (Fsp3) is 0.312.